The van der Waals surface area contributed by atoms with Gasteiger partial charge in [0.05, 0.1) is 17.1 Å². The molecule has 88 valence electrons. The molecular weight excluding hydrogens is 230 g/mol. The van der Waals surface area contributed by atoms with Crippen molar-refractivity contribution in [3.05, 3.63) is 18.2 Å². The molecule has 0 saturated heterocycles. The highest BCUT2D eigenvalue weighted by atomic mass is 32.2. The fraction of sp³-hybridized carbons (Fsp3) is 0.400. The highest BCUT2D eigenvalue weighted by molar-refractivity contribution is 7.85. The summed E-state index contributed by atoms with van der Waals surface area (Å²) in [5.41, 5.74) is 0.251. The number of benzene rings is 1. The molecule has 6 heteroatoms. The Morgan fingerprint density at radius 3 is 2.75 bits per heavy atom. The maximum atomic E-state index is 10.9. The van der Waals surface area contributed by atoms with Crippen LogP contribution in [0.1, 0.15) is 13.8 Å². The van der Waals surface area contributed by atoms with E-state index in [9.17, 15) is 8.42 Å². The molecular formula is C10H13NO4S. The lowest BCUT2D eigenvalue weighted by Crippen LogP contribution is -2.40. The topological polar surface area (TPSA) is 75.6 Å². The Morgan fingerprint density at radius 1 is 1.44 bits per heavy atom. The molecule has 1 aromatic carbocycles. The molecule has 1 aromatic rings. The molecule has 0 atom stereocenters. The van der Waals surface area contributed by atoms with E-state index in [1.807, 2.05) is 13.8 Å². The lowest BCUT2D eigenvalue weighted by Gasteiger charge is -2.33. The van der Waals surface area contributed by atoms with Crippen LogP contribution >= 0.6 is 0 Å². The molecule has 1 aliphatic heterocycles. The highest BCUT2D eigenvalue weighted by Gasteiger charge is 2.27. The van der Waals surface area contributed by atoms with Crippen LogP contribution < -0.4 is 10.1 Å². The first kappa shape index (κ1) is 11.2. The average molecular weight is 243 g/mol. The minimum absolute atomic E-state index is 0.137. The predicted octanol–water partition coefficient (Wildman–Crippen LogP) is 1.52. The van der Waals surface area contributed by atoms with Crippen LogP contribution in [0.25, 0.3) is 0 Å². The second-order valence-electron chi connectivity index (χ2n) is 4.35. The van der Waals surface area contributed by atoms with Crippen molar-refractivity contribution in [2.75, 3.05) is 11.9 Å². The summed E-state index contributed by atoms with van der Waals surface area (Å²) in [6, 6.07) is 4.21. The molecule has 5 nitrogen and oxygen atoms in total. The molecule has 2 N–H and O–H groups in total. The maximum absolute atomic E-state index is 10.9. The maximum Gasteiger partial charge on any atom is 0.294 e. The number of ether oxygens (including phenoxy) is 1. The number of fused-ring (bicyclic) bond motifs is 1. The van der Waals surface area contributed by atoms with Crippen LogP contribution in [0.3, 0.4) is 0 Å². The molecule has 0 aromatic heterocycles. The van der Waals surface area contributed by atoms with Crippen molar-refractivity contribution in [3.63, 3.8) is 0 Å². The van der Waals surface area contributed by atoms with E-state index in [1.165, 1.54) is 18.2 Å². The largest absolute Gasteiger partial charge is 0.484 e. The van der Waals surface area contributed by atoms with Gasteiger partial charge in [-0.25, -0.2) is 0 Å². The van der Waals surface area contributed by atoms with E-state index in [2.05, 4.69) is 5.32 Å². The molecule has 0 unspecified atom stereocenters. The zero-order chi connectivity index (χ0) is 12.0. The first-order valence-corrected chi connectivity index (χ1v) is 6.26. The van der Waals surface area contributed by atoms with Crippen molar-refractivity contribution >= 4 is 15.8 Å². The molecule has 0 radical (unpaired) electrons. The van der Waals surface area contributed by atoms with E-state index in [0.29, 0.717) is 18.0 Å². The smallest absolute Gasteiger partial charge is 0.294 e. The van der Waals surface area contributed by atoms with E-state index >= 15 is 0 Å². The number of hydrogen-bond acceptors (Lipinski definition) is 4. The Morgan fingerprint density at radius 2 is 2.12 bits per heavy atom. The summed E-state index contributed by atoms with van der Waals surface area (Å²) in [7, 11) is -4.16. The van der Waals surface area contributed by atoms with Crippen molar-refractivity contribution in [1.29, 1.82) is 0 Å². The molecule has 0 fully saturated rings. The van der Waals surface area contributed by atoms with Gasteiger partial charge in [-0.1, -0.05) is 0 Å². The van der Waals surface area contributed by atoms with Crippen LogP contribution in [0.5, 0.6) is 5.75 Å². The van der Waals surface area contributed by atoms with Gasteiger partial charge in [0.25, 0.3) is 10.1 Å². The van der Waals surface area contributed by atoms with Gasteiger partial charge in [0.15, 0.2) is 0 Å². The van der Waals surface area contributed by atoms with Gasteiger partial charge in [-0.15, -0.1) is 0 Å². The predicted molar refractivity (Wildman–Crippen MR) is 59.5 cm³/mol. The van der Waals surface area contributed by atoms with Crippen molar-refractivity contribution in [2.45, 2.75) is 24.3 Å². The van der Waals surface area contributed by atoms with Crippen molar-refractivity contribution < 1.29 is 17.7 Å². The van der Waals surface area contributed by atoms with Crippen LogP contribution in [0, 0.1) is 0 Å². The molecule has 0 amide bonds. The van der Waals surface area contributed by atoms with Gasteiger partial charge in [0, 0.05) is 0 Å². The van der Waals surface area contributed by atoms with Crippen LogP contribution in [-0.2, 0) is 10.1 Å². The second kappa shape index (κ2) is 3.36. The molecule has 16 heavy (non-hydrogen) atoms. The van der Waals surface area contributed by atoms with Gasteiger partial charge < -0.3 is 10.1 Å². The fourth-order valence-electron chi connectivity index (χ4n) is 1.54. The normalized spacial score (nSPS) is 18.2. The lowest BCUT2D eigenvalue weighted by atomic mass is 10.1. The van der Waals surface area contributed by atoms with Crippen LogP contribution in [-0.4, -0.2) is 25.1 Å². The first-order valence-electron chi connectivity index (χ1n) is 4.82. The van der Waals surface area contributed by atoms with Gasteiger partial charge in [-0.3, -0.25) is 4.55 Å². The number of hydrogen-bond donors (Lipinski definition) is 2. The van der Waals surface area contributed by atoms with Crippen LogP contribution in [0.2, 0.25) is 0 Å². The van der Waals surface area contributed by atoms with Gasteiger partial charge in [0.2, 0.25) is 0 Å². The zero-order valence-corrected chi connectivity index (χ0v) is 9.84. The van der Waals surface area contributed by atoms with Gasteiger partial charge >= 0.3 is 0 Å². The summed E-state index contributed by atoms with van der Waals surface area (Å²) in [6.07, 6.45) is 0. The zero-order valence-electron chi connectivity index (χ0n) is 9.02. The molecule has 0 saturated carbocycles. The summed E-state index contributed by atoms with van der Waals surface area (Å²) in [6.45, 7) is 4.44. The van der Waals surface area contributed by atoms with E-state index in [-0.39, 0.29) is 10.5 Å². The Labute approximate surface area is 94.2 Å². The average Bonchev–Trinajstić information content (AvgIpc) is 2.14. The summed E-state index contributed by atoms with van der Waals surface area (Å²) < 4.78 is 36.4. The molecule has 1 heterocycles. The van der Waals surface area contributed by atoms with E-state index in [1.54, 1.807) is 0 Å². The molecule has 1 aliphatic rings. The Kier molecular flexibility index (Phi) is 2.36. The summed E-state index contributed by atoms with van der Waals surface area (Å²) in [5, 5.41) is 3.06. The highest BCUT2D eigenvalue weighted by Crippen LogP contribution is 2.34. The Hall–Kier alpha value is -1.27. The molecule has 0 aliphatic carbocycles. The van der Waals surface area contributed by atoms with Crippen LogP contribution in [0.15, 0.2) is 23.1 Å². The third-order valence-corrected chi connectivity index (χ3v) is 3.19. The van der Waals surface area contributed by atoms with E-state index in [0.717, 1.165) is 0 Å². The summed E-state index contributed by atoms with van der Waals surface area (Å²) >= 11 is 0. The van der Waals surface area contributed by atoms with Crippen LogP contribution in [0.4, 0.5) is 5.69 Å². The van der Waals surface area contributed by atoms with Crippen molar-refractivity contribution in [3.8, 4) is 5.75 Å². The number of nitrogens with one attached hydrogen (secondary N) is 1. The Bertz CT molecular complexity index is 522. The minimum atomic E-state index is -4.16. The van der Waals surface area contributed by atoms with Gasteiger partial charge in [0.1, 0.15) is 11.4 Å². The molecule has 0 spiro atoms. The molecule has 0 bridgehead atoms. The number of anilines is 1. The van der Waals surface area contributed by atoms with E-state index < -0.39 is 10.1 Å². The number of rotatable bonds is 1. The minimum Gasteiger partial charge on any atom is -0.484 e. The third kappa shape index (κ3) is 2.12. The monoisotopic (exact) mass is 243 g/mol. The van der Waals surface area contributed by atoms with E-state index in [4.69, 9.17) is 9.29 Å². The van der Waals surface area contributed by atoms with Crippen molar-refractivity contribution in [2.24, 2.45) is 0 Å². The second-order valence-corrected chi connectivity index (χ2v) is 5.77. The Balaban J connectivity index is 2.43. The third-order valence-electron chi connectivity index (χ3n) is 2.34. The first-order chi connectivity index (χ1) is 7.28. The summed E-state index contributed by atoms with van der Waals surface area (Å²) in [5.74, 6) is 0.587. The SMILES string of the molecule is CC1(C)CNc2cc(S(=O)(=O)O)ccc2O1. The molecule has 2 rings (SSSR count). The standard InChI is InChI=1S/C10H13NO4S/c1-10(2)6-11-8-5-7(16(12,13)14)3-4-9(8)15-10/h3-5,11H,6H2,1-2H3,(H,12,13,14). The quantitative estimate of drug-likeness (QED) is 0.731. The summed E-state index contributed by atoms with van der Waals surface area (Å²) in [4.78, 5) is -0.137. The van der Waals surface area contributed by atoms with Crippen molar-refractivity contribution in [1.82, 2.24) is 0 Å². The fourth-order valence-corrected chi connectivity index (χ4v) is 2.05. The van der Waals surface area contributed by atoms with Gasteiger partial charge in [-0.2, -0.15) is 8.42 Å². The van der Waals surface area contributed by atoms with Gasteiger partial charge in [-0.05, 0) is 32.0 Å². The lowest BCUT2D eigenvalue weighted by molar-refractivity contribution is 0.116.